The Bertz CT molecular complexity index is 1040. The maximum Gasteiger partial charge on any atom is 0.269 e. The van der Waals surface area contributed by atoms with Crippen LogP contribution in [0.4, 0.5) is 0 Å². The van der Waals surface area contributed by atoms with Gasteiger partial charge in [0, 0.05) is 18.6 Å². The van der Waals surface area contributed by atoms with E-state index in [4.69, 9.17) is 5.73 Å². The number of primary amides is 1. The Balaban J connectivity index is 1.98. The molecule has 0 aliphatic rings. The maximum atomic E-state index is 11.9. The molecule has 0 saturated carbocycles. The molecule has 8 nitrogen and oxygen atoms in total. The summed E-state index contributed by atoms with van der Waals surface area (Å²) in [6.45, 7) is 0. The molecule has 1 amide bonds. The normalized spacial score (nSPS) is 11.0. The van der Waals surface area contributed by atoms with Crippen molar-refractivity contribution in [2.24, 2.45) is 5.73 Å². The number of nitrogens with zero attached hydrogens (tertiary/aromatic N) is 6. The molecule has 2 N–H and O–H groups in total. The van der Waals surface area contributed by atoms with E-state index in [2.05, 4.69) is 35.9 Å². The summed E-state index contributed by atoms with van der Waals surface area (Å²) in [5, 5.41) is 0. The Morgan fingerprint density at radius 1 is 1.17 bits per heavy atom. The first kappa shape index (κ1) is 14.5. The fourth-order valence-electron chi connectivity index (χ4n) is 2.42. The molecule has 0 fully saturated rings. The van der Waals surface area contributed by atoms with Gasteiger partial charge in [-0.05, 0) is 34.1 Å². The molecule has 0 spiro atoms. The minimum absolute atomic E-state index is 0.136. The number of carbonyl (C=O) groups is 1. The third kappa shape index (κ3) is 2.35. The highest BCUT2D eigenvalue weighted by Crippen LogP contribution is 2.23. The van der Waals surface area contributed by atoms with Crippen LogP contribution >= 0.6 is 15.9 Å². The Morgan fingerprint density at radius 3 is 2.71 bits per heavy atom. The molecule has 4 aromatic heterocycles. The minimum atomic E-state index is -0.631. The lowest BCUT2D eigenvalue weighted by Gasteiger charge is -2.09. The Kier molecular flexibility index (Phi) is 3.35. The Hall–Kier alpha value is -3.07. The first-order chi connectivity index (χ1) is 11.6. The summed E-state index contributed by atoms with van der Waals surface area (Å²) in [4.78, 5) is 28.9. The van der Waals surface area contributed by atoms with Crippen molar-refractivity contribution in [1.29, 1.82) is 0 Å². The van der Waals surface area contributed by atoms with Crippen molar-refractivity contribution >= 4 is 32.9 Å². The van der Waals surface area contributed by atoms with E-state index in [0.717, 1.165) is 10.3 Å². The van der Waals surface area contributed by atoms with Crippen molar-refractivity contribution < 1.29 is 4.79 Å². The second-order valence-corrected chi connectivity index (χ2v) is 5.78. The van der Waals surface area contributed by atoms with Gasteiger partial charge in [-0.2, -0.15) is 0 Å². The molecule has 0 aliphatic carbocycles. The average Bonchev–Trinajstić information content (AvgIpc) is 3.24. The van der Waals surface area contributed by atoms with Gasteiger partial charge < -0.3 is 10.3 Å². The van der Waals surface area contributed by atoms with E-state index < -0.39 is 5.91 Å². The molecule has 0 unspecified atom stereocenters. The van der Waals surface area contributed by atoms with Crippen molar-refractivity contribution in [2.45, 2.75) is 0 Å². The molecule has 4 aromatic rings. The number of hydrogen-bond donors (Lipinski definition) is 1. The Morgan fingerprint density at radius 2 is 2.04 bits per heavy atom. The molecule has 118 valence electrons. The lowest BCUT2D eigenvalue weighted by atomic mass is 10.3. The van der Waals surface area contributed by atoms with Crippen LogP contribution in [0.3, 0.4) is 0 Å². The fourth-order valence-corrected chi connectivity index (χ4v) is 2.66. The molecule has 9 heteroatoms. The van der Waals surface area contributed by atoms with Crippen molar-refractivity contribution in [3.63, 3.8) is 0 Å². The molecule has 0 radical (unpaired) electrons. The molecule has 4 rings (SSSR count). The van der Waals surface area contributed by atoms with Crippen LogP contribution < -0.4 is 5.73 Å². The largest absolute Gasteiger partial charge is 0.364 e. The van der Waals surface area contributed by atoms with Crippen molar-refractivity contribution in [3.05, 3.63) is 59.6 Å². The molecule has 0 aliphatic heterocycles. The molecule has 0 bridgehead atoms. The van der Waals surface area contributed by atoms with Gasteiger partial charge in [-0.3, -0.25) is 9.36 Å². The van der Waals surface area contributed by atoms with E-state index in [1.165, 1.54) is 0 Å². The number of rotatable bonds is 3. The first-order valence-corrected chi connectivity index (χ1v) is 7.72. The van der Waals surface area contributed by atoms with Crippen LogP contribution in [-0.4, -0.2) is 35.0 Å². The lowest BCUT2D eigenvalue weighted by molar-refractivity contribution is 0.0997. The third-order valence-electron chi connectivity index (χ3n) is 3.48. The van der Waals surface area contributed by atoms with Gasteiger partial charge in [0.1, 0.15) is 16.4 Å². The highest BCUT2D eigenvalue weighted by molar-refractivity contribution is 9.10. The Labute approximate surface area is 144 Å². The zero-order chi connectivity index (χ0) is 16.7. The lowest BCUT2D eigenvalue weighted by Crippen LogP contribution is -2.17. The number of hydrogen-bond acceptors (Lipinski definition) is 5. The molecule has 0 saturated heterocycles. The van der Waals surface area contributed by atoms with E-state index in [1.807, 2.05) is 12.1 Å². The topological polar surface area (TPSA) is 105 Å². The average molecular weight is 384 g/mol. The summed E-state index contributed by atoms with van der Waals surface area (Å²) in [6, 6.07) is 5.48. The SMILES string of the molecule is NC(=O)c1nc(-n2ccnc2)nc2ccn(-c3ccc(Br)nc3)c12. The predicted molar refractivity (Wildman–Crippen MR) is 90.0 cm³/mol. The van der Waals surface area contributed by atoms with Gasteiger partial charge in [-0.15, -0.1) is 0 Å². The van der Waals surface area contributed by atoms with Crippen LogP contribution in [0, 0.1) is 0 Å². The van der Waals surface area contributed by atoms with Gasteiger partial charge in [0.05, 0.1) is 17.4 Å². The van der Waals surface area contributed by atoms with Crippen molar-refractivity contribution in [2.75, 3.05) is 0 Å². The number of imidazole rings is 1. The molecule has 4 heterocycles. The van der Waals surface area contributed by atoms with E-state index in [0.29, 0.717) is 17.0 Å². The number of nitrogens with two attached hydrogens (primary N) is 1. The minimum Gasteiger partial charge on any atom is -0.364 e. The number of carbonyl (C=O) groups excluding carboxylic acids is 1. The summed E-state index contributed by atoms with van der Waals surface area (Å²) in [5.41, 5.74) is 7.59. The summed E-state index contributed by atoms with van der Waals surface area (Å²) >= 11 is 3.30. The van der Waals surface area contributed by atoms with Gasteiger partial charge in [0.25, 0.3) is 5.91 Å². The summed E-state index contributed by atoms with van der Waals surface area (Å²) in [6.07, 6.45) is 8.34. The van der Waals surface area contributed by atoms with Gasteiger partial charge in [0.15, 0.2) is 5.69 Å². The molecular formula is C15H10BrN7O. The summed E-state index contributed by atoms with van der Waals surface area (Å²) in [5.74, 6) is -0.297. The molecule has 24 heavy (non-hydrogen) atoms. The van der Waals surface area contributed by atoms with Crippen LogP contribution in [-0.2, 0) is 0 Å². The maximum absolute atomic E-state index is 11.9. The quantitative estimate of drug-likeness (QED) is 0.543. The molecular weight excluding hydrogens is 374 g/mol. The van der Waals surface area contributed by atoms with Gasteiger partial charge >= 0.3 is 0 Å². The predicted octanol–water partition coefficient (Wildman–Crippen LogP) is 1.86. The van der Waals surface area contributed by atoms with E-state index in [-0.39, 0.29) is 5.69 Å². The van der Waals surface area contributed by atoms with Crippen molar-refractivity contribution in [1.82, 2.24) is 29.1 Å². The standard InChI is InChI=1S/C15H10BrN7O/c16-11-2-1-9(7-19-11)23-5-3-10-13(23)12(14(17)24)21-15(20-10)22-6-4-18-8-22/h1-8H,(H2,17,24). The summed E-state index contributed by atoms with van der Waals surface area (Å²) in [7, 11) is 0. The number of fused-ring (bicyclic) bond motifs is 1. The fraction of sp³-hybridized carbons (Fsp3) is 0. The van der Waals surface area contributed by atoms with Crippen LogP contribution in [0.15, 0.2) is 53.9 Å². The van der Waals surface area contributed by atoms with Gasteiger partial charge in [0.2, 0.25) is 5.95 Å². The van der Waals surface area contributed by atoms with E-state index in [1.54, 1.807) is 46.3 Å². The second kappa shape index (κ2) is 5.53. The second-order valence-electron chi connectivity index (χ2n) is 4.97. The smallest absolute Gasteiger partial charge is 0.269 e. The first-order valence-electron chi connectivity index (χ1n) is 6.92. The summed E-state index contributed by atoms with van der Waals surface area (Å²) < 4.78 is 4.12. The number of amides is 1. The number of pyridine rings is 1. The van der Waals surface area contributed by atoms with Crippen LogP contribution in [0.1, 0.15) is 10.5 Å². The van der Waals surface area contributed by atoms with Crippen LogP contribution in [0.25, 0.3) is 22.7 Å². The highest BCUT2D eigenvalue weighted by atomic mass is 79.9. The number of aromatic nitrogens is 6. The van der Waals surface area contributed by atoms with Crippen LogP contribution in [0.2, 0.25) is 0 Å². The number of halogens is 1. The van der Waals surface area contributed by atoms with Gasteiger partial charge in [-0.25, -0.2) is 19.9 Å². The monoisotopic (exact) mass is 383 g/mol. The van der Waals surface area contributed by atoms with E-state index in [9.17, 15) is 4.79 Å². The third-order valence-corrected chi connectivity index (χ3v) is 3.95. The van der Waals surface area contributed by atoms with Crippen molar-refractivity contribution in [3.8, 4) is 11.6 Å². The van der Waals surface area contributed by atoms with Gasteiger partial charge in [-0.1, -0.05) is 0 Å². The van der Waals surface area contributed by atoms with Crippen LogP contribution in [0.5, 0.6) is 0 Å². The molecule has 0 atom stereocenters. The van der Waals surface area contributed by atoms with E-state index >= 15 is 0 Å². The molecule has 0 aromatic carbocycles. The zero-order valence-electron chi connectivity index (χ0n) is 12.2. The highest BCUT2D eigenvalue weighted by Gasteiger charge is 2.18. The zero-order valence-corrected chi connectivity index (χ0v) is 13.8.